The molecule has 2 aromatic carbocycles. The second-order valence-electron chi connectivity index (χ2n) is 5.94. The number of fused-ring (bicyclic) bond motifs is 1. The van der Waals surface area contributed by atoms with Gasteiger partial charge >= 0.3 is 0 Å². The molecule has 2 heterocycles. The first-order valence-corrected chi connectivity index (χ1v) is 9.18. The molecule has 0 radical (unpaired) electrons. The molecule has 0 spiro atoms. The van der Waals surface area contributed by atoms with Gasteiger partial charge in [-0.15, -0.1) is 10.2 Å². The number of hydrogen-bond donors (Lipinski definition) is 0. The van der Waals surface area contributed by atoms with Crippen molar-refractivity contribution in [2.24, 2.45) is 5.10 Å². The minimum Gasteiger partial charge on any atom is -0.493 e. The van der Waals surface area contributed by atoms with Crippen LogP contribution in [-0.4, -0.2) is 40.1 Å². The summed E-state index contributed by atoms with van der Waals surface area (Å²) >= 11 is 1.56. The number of ether oxygens (including phenoxy) is 2. The fourth-order valence-electron chi connectivity index (χ4n) is 2.90. The molecule has 1 aliphatic rings. The van der Waals surface area contributed by atoms with E-state index >= 15 is 0 Å². The molecule has 1 aromatic heterocycles. The molecule has 0 bridgehead atoms. The van der Waals surface area contributed by atoms with Gasteiger partial charge < -0.3 is 9.47 Å². The Morgan fingerprint density at radius 1 is 0.963 bits per heavy atom. The molecular weight excluding hydrogens is 367 g/mol. The molecule has 3 aromatic rings. The molecule has 0 saturated carbocycles. The molecule has 1 atom stereocenters. The summed E-state index contributed by atoms with van der Waals surface area (Å²) in [5, 5.41) is 14.1. The van der Waals surface area contributed by atoms with E-state index < -0.39 is 0 Å². The summed E-state index contributed by atoms with van der Waals surface area (Å²) in [6, 6.07) is 11.9. The van der Waals surface area contributed by atoms with Crippen molar-refractivity contribution in [3.63, 3.8) is 0 Å². The molecule has 138 valence electrons. The third-order valence-electron chi connectivity index (χ3n) is 4.27. The van der Waals surface area contributed by atoms with Gasteiger partial charge in [0.25, 0.3) is 0 Å². The predicted octanol–water partition coefficient (Wildman–Crippen LogP) is 3.85. The zero-order valence-corrected chi connectivity index (χ0v) is 15.8. The first-order valence-electron chi connectivity index (χ1n) is 8.30. The molecule has 0 fully saturated rings. The molecule has 27 heavy (non-hydrogen) atoms. The summed E-state index contributed by atoms with van der Waals surface area (Å²) in [6.45, 7) is 2.04. The van der Waals surface area contributed by atoms with Gasteiger partial charge in [0.15, 0.2) is 17.3 Å². The Kier molecular flexibility index (Phi) is 4.57. The lowest BCUT2D eigenvalue weighted by atomic mass is 10.1. The highest BCUT2D eigenvalue weighted by molar-refractivity contribution is 8.00. The molecule has 0 amide bonds. The van der Waals surface area contributed by atoms with Gasteiger partial charge in [0, 0.05) is 5.56 Å². The molecular formula is C19H17FN4O2S. The van der Waals surface area contributed by atoms with Crippen LogP contribution in [0.25, 0.3) is 11.4 Å². The van der Waals surface area contributed by atoms with Crippen molar-refractivity contribution < 1.29 is 13.9 Å². The molecule has 1 aliphatic heterocycles. The van der Waals surface area contributed by atoms with Crippen molar-refractivity contribution in [3.8, 4) is 22.9 Å². The number of benzene rings is 2. The molecule has 0 N–H and O–H groups in total. The number of methoxy groups -OCH3 is 2. The highest BCUT2D eigenvalue weighted by Crippen LogP contribution is 2.35. The summed E-state index contributed by atoms with van der Waals surface area (Å²) in [6.07, 6.45) is 0. The van der Waals surface area contributed by atoms with Crippen LogP contribution in [0, 0.1) is 5.82 Å². The zero-order chi connectivity index (χ0) is 19.0. The lowest BCUT2D eigenvalue weighted by Crippen LogP contribution is -2.21. The maximum atomic E-state index is 13.3. The number of thioether (sulfide) groups is 1. The standard InChI is InChI=1S/C19H17FN4O2S/c1-11-17(12-4-7-14(20)8-5-12)23-24-18(21-22-19(24)27-11)13-6-9-15(25-2)16(10-13)26-3/h4-11H,1-3H3/t11-/m1/s1. The maximum absolute atomic E-state index is 13.3. The molecule has 4 rings (SSSR count). The highest BCUT2D eigenvalue weighted by atomic mass is 32.2. The van der Waals surface area contributed by atoms with E-state index in [2.05, 4.69) is 10.2 Å². The quantitative estimate of drug-likeness (QED) is 0.684. The van der Waals surface area contributed by atoms with Gasteiger partial charge in [-0.05, 0) is 42.8 Å². The van der Waals surface area contributed by atoms with Gasteiger partial charge in [-0.1, -0.05) is 23.9 Å². The fourth-order valence-corrected chi connectivity index (χ4v) is 3.83. The first-order chi connectivity index (χ1) is 13.1. The van der Waals surface area contributed by atoms with Crippen LogP contribution < -0.4 is 9.47 Å². The fraction of sp³-hybridized carbons (Fsp3) is 0.211. The summed E-state index contributed by atoms with van der Waals surface area (Å²) in [7, 11) is 3.18. The van der Waals surface area contributed by atoms with Crippen molar-refractivity contribution in [2.45, 2.75) is 17.3 Å². The zero-order valence-electron chi connectivity index (χ0n) is 15.0. The van der Waals surface area contributed by atoms with E-state index in [0.29, 0.717) is 22.5 Å². The van der Waals surface area contributed by atoms with Gasteiger partial charge in [0.05, 0.1) is 25.2 Å². The van der Waals surface area contributed by atoms with E-state index in [1.165, 1.54) is 12.1 Å². The number of hydrogen-bond acceptors (Lipinski definition) is 6. The third-order valence-corrected chi connectivity index (χ3v) is 5.31. The highest BCUT2D eigenvalue weighted by Gasteiger charge is 2.26. The molecule has 6 nitrogen and oxygen atoms in total. The Hall–Kier alpha value is -2.87. The molecule has 0 aliphatic carbocycles. The summed E-state index contributed by atoms with van der Waals surface area (Å²) < 4.78 is 25.6. The second-order valence-corrected chi connectivity index (χ2v) is 7.25. The number of halogens is 1. The van der Waals surface area contributed by atoms with Crippen LogP contribution >= 0.6 is 11.8 Å². The normalized spacial score (nSPS) is 15.9. The summed E-state index contributed by atoms with van der Waals surface area (Å²) in [5.41, 5.74) is 2.52. The van der Waals surface area contributed by atoms with Crippen LogP contribution in [-0.2, 0) is 0 Å². The van der Waals surface area contributed by atoms with Gasteiger partial charge in [0.1, 0.15) is 5.82 Å². The number of rotatable bonds is 4. The van der Waals surface area contributed by atoms with Crippen LogP contribution in [0.4, 0.5) is 4.39 Å². The SMILES string of the molecule is COc1ccc(-c2nnc3n2N=C(c2ccc(F)cc2)[C@@H](C)S3)cc1OC. The van der Waals surface area contributed by atoms with E-state index in [1.54, 1.807) is 42.8 Å². The Bertz CT molecular complexity index is 1020. The van der Waals surface area contributed by atoms with E-state index in [1.807, 2.05) is 25.1 Å². The largest absolute Gasteiger partial charge is 0.493 e. The van der Waals surface area contributed by atoms with Gasteiger partial charge in [0.2, 0.25) is 5.16 Å². The van der Waals surface area contributed by atoms with Crippen LogP contribution in [0.15, 0.2) is 52.7 Å². The van der Waals surface area contributed by atoms with Crippen LogP contribution in [0.3, 0.4) is 0 Å². The topological polar surface area (TPSA) is 61.5 Å². The smallest absolute Gasteiger partial charge is 0.213 e. The van der Waals surface area contributed by atoms with E-state index in [0.717, 1.165) is 16.8 Å². The van der Waals surface area contributed by atoms with Crippen LogP contribution in [0.1, 0.15) is 12.5 Å². The lowest BCUT2D eigenvalue weighted by Gasteiger charge is -2.20. The molecule has 8 heteroatoms. The molecule has 0 saturated heterocycles. The number of nitrogens with zero attached hydrogens (tertiary/aromatic N) is 4. The minimum atomic E-state index is -0.272. The third kappa shape index (κ3) is 3.16. The number of aromatic nitrogens is 3. The Balaban J connectivity index is 1.80. The average Bonchev–Trinajstić information content (AvgIpc) is 3.10. The maximum Gasteiger partial charge on any atom is 0.213 e. The van der Waals surface area contributed by atoms with E-state index in [-0.39, 0.29) is 11.1 Å². The van der Waals surface area contributed by atoms with Crippen molar-refractivity contribution in [1.29, 1.82) is 0 Å². The Morgan fingerprint density at radius 3 is 2.37 bits per heavy atom. The van der Waals surface area contributed by atoms with Crippen LogP contribution in [0.5, 0.6) is 11.5 Å². The minimum absolute atomic E-state index is 0.0745. The molecule has 0 unspecified atom stereocenters. The van der Waals surface area contributed by atoms with Gasteiger partial charge in [-0.2, -0.15) is 9.78 Å². The monoisotopic (exact) mass is 384 g/mol. The summed E-state index contributed by atoms with van der Waals surface area (Å²) in [4.78, 5) is 0. The Morgan fingerprint density at radius 2 is 1.67 bits per heavy atom. The van der Waals surface area contributed by atoms with Crippen LogP contribution in [0.2, 0.25) is 0 Å². The van der Waals surface area contributed by atoms with Gasteiger partial charge in [-0.25, -0.2) is 4.39 Å². The van der Waals surface area contributed by atoms with Crippen molar-refractivity contribution in [3.05, 3.63) is 53.8 Å². The lowest BCUT2D eigenvalue weighted by molar-refractivity contribution is 0.355. The van der Waals surface area contributed by atoms with Crippen molar-refractivity contribution >= 4 is 17.5 Å². The first kappa shape index (κ1) is 17.5. The van der Waals surface area contributed by atoms with Gasteiger partial charge in [-0.3, -0.25) is 0 Å². The van der Waals surface area contributed by atoms with E-state index in [4.69, 9.17) is 14.6 Å². The van der Waals surface area contributed by atoms with E-state index in [9.17, 15) is 4.39 Å². The average molecular weight is 384 g/mol. The predicted molar refractivity (Wildman–Crippen MR) is 102 cm³/mol. The van der Waals surface area contributed by atoms with Crippen molar-refractivity contribution in [2.75, 3.05) is 14.2 Å². The van der Waals surface area contributed by atoms with Crippen molar-refractivity contribution in [1.82, 2.24) is 14.9 Å². The Labute approximate surface area is 160 Å². The second kappa shape index (κ2) is 7.03. The summed E-state index contributed by atoms with van der Waals surface area (Å²) in [5.74, 6) is 1.57.